The molecule has 7 heteroatoms. The number of hydrogen-bond donors (Lipinski definition) is 2. The summed E-state index contributed by atoms with van der Waals surface area (Å²) in [6, 6.07) is 8.78. The van der Waals surface area contributed by atoms with Crippen LogP contribution in [0.3, 0.4) is 0 Å². The third-order valence-corrected chi connectivity index (χ3v) is 3.01. The van der Waals surface area contributed by atoms with Crippen LogP contribution in [0.15, 0.2) is 34.8 Å². The monoisotopic (exact) mass is 323 g/mol. The van der Waals surface area contributed by atoms with Gasteiger partial charge in [0.15, 0.2) is 5.82 Å². The number of nitrogens with zero attached hydrogens (tertiary/aromatic N) is 2. The standard InChI is InChI=1S/C12H10BrN3O3/c1-19-11-7(12(17)18)6-10(15-16-11)14-9-5-3-2-4-8(9)13/h2-6H,1H3,(H,14,15)(H,17,18). The summed E-state index contributed by atoms with van der Waals surface area (Å²) in [5.74, 6) is -0.822. The Morgan fingerprint density at radius 2 is 2.11 bits per heavy atom. The number of carboxylic acid groups (broad SMARTS) is 1. The number of aromatic carboxylic acids is 1. The molecule has 0 unspecified atom stereocenters. The number of para-hydroxylation sites is 1. The van der Waals surface area contributed by atoms with Crippen LogP contribution >= 0.6 is 15.9 Å². The Morgan fingerprint density at radius 1 is 1.37 bits per heavy atom. The number of anilines is 2. The Balaban J connectivity index is 2.34. The van der Waals surface area contributed by atoms with Crippen molar-refractivity contribution in [1.82, 2.24) is 10.2 Å². The molecule has 0 bridgehead atoms. The van der Waals surface area contributed by atoms with Crippen molar-refractivity contribution >= 4 is 33.4 Å². The molecular formula is C12H10BrN3O3. The van der Waals surface area contributed by atoms with Crippen LogP contribution in [-0.2, 0) is 0 Å². The number of halogens is 1. The Labute approximate surface area is 117 Å². The van der Waals surface area contributed by atoms with E-state index in [1.54, 1.807) is 0 Å². The van der Waals surface area contributed by atoms with Crippen LogP contribution in [-0.4, -0.2) is 28.4 Å². The molecule has 98 valence electrons. The van der Waals surface area contributed by atoms with E-state index in [0.29, 0.717) is 5.82 Å². The van der Waals surface area contributed by atoms with Gasteiger partial charge in [0.1, 0.15) is 5.56 Å². The number of carbonyl (C=O) groups is 1. The summed E-state index contributed by atoms with van der Waals surface area (Å²) in [6.07, 6.45) is 0. The van der Waals surface area contributed by atoms with Crippen molar-refractivity contribution < 1.29 is 14.6 Å². The van der Waals surface area contributed by atoms with E-state index in [-0.39, 0.29) is 11.4 Å². The molecule has 0 fully saturated rings. The largest absolute Gasteiger partial charge is 0.479 e. The maximum absolute atomic E-state index is 11.1. The number of carboxylic acids is 1. The van der Waals surface area contributed by atoms with Gasteiger partial charge in [0.25, 0.3) is 0 Å². The highest BCUT2D eigenvalue weighted by molar-refractivity contribution is 9.10. The smallest absolute Gasteiger partial charge is 0.341 e. The van der Waals surface area contributed by atoms with Crippen molar-refractivity contribution in [3.63, 3.8) is 0 Å². The second kappa shape index (κ2) is 5.66. The molecule has 0 saturated carbocycles. The van der Waals surface area contributed by atoms with Gasteiger partial charge in [0.2, 0.25) is 5.88 Å². The lowest BCUT2D eigenvalue weighted by Crippen LogP contribution is -2.06. The first-order valence-electron chi connectivity index (χ1n) is 5.28. The zero-order chi connectivity index (χ0) is 13.8. The van der Waals surface area contributed by atoms with Crippen molar-refractivity contribution in [3.05, 3.63) is 40.4 Å². The van der Waals surface area contributed by atoms with Crippen LogP contribution in [0, 0.1) is 0 Å². The van der Waals surface area contributed by atoms with Gasteiger partial charge in [-0.15, -0.1) is 10.2 Å². The van der Waals surface area contributed by atoms with E-state index in [2.05, 4.69) is 31.4 Å². The highest BCUT2D eigenvalue weighted by Crippen LogP contribution is 2.25. The third-order valence-electron chi connectivity index (χ3n) is 2.32. The normalized spacial score (nSPS) is 10.0. The number of methoxy groups -OCH3 is 1. The quantitative estimate of drug-likeness (QED) is 0.899. The molecule has 19 heavy (non-hydrogen) atoms. The third kappa shape index (κ3) is 3.00. The van der Waals surface area contributed by atoms with E-state index in [4.69, 9.17) is 9.84 Å². The zero-order valence-corrected chi connectivity index (χ0v) is 11.5. The summed E-state index contributed by atoms with van der Waals surface area (Å²) in [7, 11) is 1.34. The second-order valence-electron chi connectivity index (χ2n) is 3.56. The molecule has 0 aliphatic heterocycles. The molecule has 6 nitrogen and oxygen atoms in total. The molecule has 2 N–H and O–H groups in total. The molecule has 2 aromatic rings. The summed E-state index contributed by atoms with van der Waals surface area (Å²) in [5.41, 5.74) is 0.713. The molecule has 0 aliphatic carbocycles. The van der Waals surface area contributed by atoms with Crippen LogP contribution in [0.1, 0.15) is 10.4 Å². The number of ether oxygens (including phenoxy) is 1. The number of aromatic nitrogens is 2. The predicted molar refractivity (Wildman–Crippen MR) is 73.0 cm³/mol. The highest BCUT2D eigenvalue weighted by Gasteiger charge is 2.14. The lowest BCUT2D eigenvalue weighted by molar-refractivity contribution is 0.0692. The summed E-state index contributed by atoms with van der Waals surface area (Å²) >= 11 is 3.38. The lowest BCUT2D eigenvalue weighted by Gasteiger charge is -2.09. The molecule has 0 atom stereocenters. The average Bonchev–Trinajstić information content (AvgIpc) is 2.41. The molecule has 1 aromatic carbocycles. The van der Waals surface area contributed by atoms with Crippen LogP contribution < -0.4 is 10.1 Å². The van der Waals surface area contributed by atoms with E-state index < -0.39 is 5.97 Å². The van der Waals surface area contributed by atoms with Gasteiger partial charge in [-0.25, -0.2) is 4.79 Å². The minimum absolute atomic E-state index is 0.0230. The van der Waals surface area contributed by atoms with Crippen molar-refractivity contribution in [2.24, 2.45) is 0 Å². The topological polar surface area (TPSA) is 84.3 Å². The van der Waals surface area contributed by atoms with Gasteiger partial charge in [0, 0.05) is 10.5 Å². The van der Waals surface area contributed by atoms with Crippen molar-refractivity contribution in [3.8, 4) is 5.88 Å². The molecule has 0 aliphatic rings. The van der Waals surface area contributed by atoms with Gasteiger partial charge in [-0.2, -0.15) is 0 Å². The maximum atomic E-state index is 11.1. The van der Waals surface area contributed by atoms with Crippen molar-refractivity contribution in [2.75, 3.05) is 12.4 Å². The van der Waals surface area contributed by atoms with Gasteiger partial charge in [-0.05, 0) is 28.1 Å². The van der Waals surface area contributed by atoms with E-state index in [1.807, 2.05) is 24.3 Å². The van der Waals surface area contributed by atoms with Crippen LogP contribution in [0.4, 0.5) is 11.5 Å². The number of benzene rings is 1. The number of rotatable bonds is 4. The van der Waals surface area contributed by atoms with Gasteiger partial charge >= 0.3 is 5.97 Å². The first-order valence-corrected chi connectivity index (χ1v) is 6.07. The summed E-state index contributed by atoms with van der Waals surface area (Å²) in [5, 5.41) is 19.6. The summed E-state index contributed by atoms with van der Waals surface area (Å²) in [4.78, 5) is 11.1. The lowest BCUT2D eigenvalue weighted by atomic mass is 10.2. The van der Waals surface area contributed by atoms with Gasteiger partial charge in [-0.3, -0.25) is 0 Å². The van der Waals surface area contributed by atoms with Crippen molar-refractivity contribution in [1.29, 1.82) is 0 Å². The number of hydrogen-bond acceptors (Lipinski definition) is 5. The van der Waals surface area contributed by atoms with Crippen LogP contribution in [0.5, 0.6) is 5.88 Å². The molecule has 0 radical (unpaired) electrons. The molecular weight excluding hydrogens is 314 g/mol. The van der Waals surface area contributed by atoms with E-state index in [9.17, 15) is 4.79 Å². The van der Waals surface area contributed by atoms with Gasteiger partial charge < -0.3 is 15.2 Å². The highest BCUT2D eigenvalue weighted by atomic mass is 79.9. The Hall–Kier alpha value is -2.15. The van der Waals surface area contributed by atoms with Crippen LogP contribution in [0.25, 0.3) is 0 Å². The van der Waals surface area contributed by atoms with Gasteiger partial charge in [0.05, 0.1) is 12.8 Å². The van der Waals surface area contributed by atoms with E-state index in [1.165, 1.54) is 13.2 Å². The SMILES string of the molecule is COc1nnc(Nc2ccccc2Br)cc1C(=O)O. The maximum Gasteiger partial charge on any atom is 0.341 e. The Morgan fingerprint density at radius 3 is 2.74 bits per heavy atom. The first-order chi connectivity index (χ1) is 9.11. The van der Waals surface area contributed by atoms with Gasteiger partial charge in [-0.1, -0.05) is 12.1 Å². The Kier molecular flexibility index (Phi) is 3.96. The fraction of sp³-hybridized carbons (Fsp3) is 0.0833. The number of nitrogens with one attached hydrogen (secondary N) is 1. The molecule has 0 saturated heterocycles. The summed E-state index contributed by atoms with van der Waals surface area (Å²) in [6.45, 7) is 0. The molecule has 1 aromatic heterocycles. The molecule has 0 spiro atoms. The minimum atomic E-state index is -1.12. The summed E-state index contributed by atoms with van der Waals surface area (Å²) < 4.78 is 5.68. The predicted octanol–water partition coefficient (Wildman–Crippen LogP) is 2.69. The Bertz CT molecular complexity index is 619. The van der Waals surface area contributed by atoms with Crippen molar-refractivity contribution in [2.45, 2.75) is 0 Å². The zero-order valence-electron chi connectivity index (χ0n) is 9.92. The average molecular weight is 324 g/mol. The minimum Gasteiger partial charge on any atom is -0.479 e. The fourth-order valence-corrected chi connectivity index (χ4v) is 1.83. The first kappa shape index (κ1) is 13.3. The van der Waals surface area contributed by atoms with E-state index in [0.717, 1.165) is 10.2 Å². The molecule has 1 heterocycles. The molecule has 2 rings (SSSR count). The fourth-order valence-electron chi connectivity index (χ4n) is 1.45. The van der Waals surface area contributed by atoms with Crippen LogP contribution in [0.2, 0.25) is 0 Å². The van der Waals surface area contributed by atoms with E-state index >= 15 is 0 Å². The second-order valence-corrected chi connectivity index (χ2v) is 4.42. The molecule has 0 amide bonds.